The molecule has 0 aliphatic rings. The SMILES string of the molecule is Cn1cc(CCC(=O)O)c(-c2ccc(Br)s2)n1. The molecule has 0 spiro atoms. The van der Waals surface area contributed by atoms with Crippen LogP contribution < -0.4 is 0 Å². The number of halogens is 1. The van der Waals surface area contributed by atoms with Crippen molar-refractivity contribution in [1.29, 1.82) is 0 Å². The fourth-order valence-electron chi connectivity index (χ4n) is 1.61. The largest absolute Gasteiger partial charge is 0.481 e. The molecule has 2 rings (SSSR count). The minimum atomic E-state index is -0.785. The third-order valence-corrected chi connectivity index (χ3v) is 3.95. The maximum absolute atomic E-state index is 10.6. The van der Waals surface area contributed by atoms with Gasteiger partial charge in [-0.3, -0.25) is 9.48 Å². The van der Waals surface area contributed by atoms with E-state index in [4.69, 9.17) is 5.11 Å². The second-order valence-corrected chi connectivity index (χ2v) is 6.14. The lowest BCUT2D eigenvalue weighted by Crippen LogP contribution is -1.97. The van der Waals surface area contributed by atoms with Gasteiger partial charge in [0.2, 0.25) is 0 Å². The molecule has 1 N–H and O–H groups in total. The molecule has 0 amide bonds. The topological polar surface area (TPSA) is 55.1 Å². The fraction of sp³-hybridized carbons (Fsp3) is 0.273. The molecule has 0 bridgehead atoms. The molecule has 0 atom stereocenters. The summed E-state index contributed by atoms with van der Waals surface area (Å²) in [7, 11) is 1.84. The van der Waals surface area contributed by atoms with E-state index in [0.717, 1.165) is 19.9 Å². The van der Waals surface area contributed by atoms with E-state index < -0.39 is 5.97 Å². The summed E-state index contributed by atoms with van der Waals surface area (Å²) >= 11 is 5.01. The predicted molar refractivity (Wildman–Crippen MR) is 70.2 cm³/mol. The maximum atomic E-state index is 10.6. The van der Waals surface area contributed by atoms with Gasteiger partial charge in [0.1, 0.15) is 5.69 Å². The Morgan fingerprint density at radius 2 is 2.35 bits per heavy atom. The van der Waals surface area contributed by atoms with Gasteiger partial charge in [-0.1, -0.05) is 0 Å². The number of carboxylic acids is 1. The van der Waals surface area contributed by atoms with E-state index in [-0.39, 0.29) is 6.42 Å². The van der Waals surface area contributed by atoms with Crippen molar-refractivity contribution in [1.82, 2.24) is 9.78 Å². The molecule has 0 fully saturated rings. The molecule has 0 radical (unpaired) electrons. The van der Waals surface area contributed by atoms with Gasteiger partial charge in [0, 0.05) is 19.7 Å². The standard InChI is InChI=1S/C11H11BrN2O2S/c1-14-6-7(2-5-10(15)16)11(13-14)8-3-4-9(12)17-8/h3-4,6H,2,5H2,1H3,(H,15,16). The first-order valence-corrected chi connectivity index (χ1v) is 6.67. The summed E-state index contributed by atoms with van der Waals surface area (Å²) in [6.45, 7) is 0. The summed E-state index contributed by atoms with van der Waals surface area (Å²) in [5, 5.41) is 13.1. The van der Waals surface area contributed by atoms with Gasteiger partial charge in [-0.05, 0) is 40.0 Å². The van der Waals surface area contributed by atoms with Crippen molar-refractivity contribution in [2.45, 2.75) is 12.8 Å². The van der Waals surface area contributed by atoms with Crippen LogP contribution in [0, 0.1) is 0 Å². The van der Waals surface area contributed by atoms with E-state index in [1.165, 1.54) is 0 Å². The Hall–Kier alpha value is -1.14. The van der Waals surface area contributed by atoms with Crippen LogP contribution in [0.1, 0.15) is 12.0 Å². The molecule has 2 heterocycles. The molecule has 90 valence electrons. The quantitative estimate of drug-likeness (QED) is 0.944. The Balaban J connectivity index is 2.30. The van der Waals surface area contributed by atoms with Crippen molar-refractivity contribution in [2.75, 3.05) is 0 Å². The smallest absolute Gasteiger partial charge is 0.303 e. The summed E-state index contributed by atoms with van der Waals surface area (Å²) < 4.78 is 2.77. The van der Waals surface area contributed by atoms with Crippen LogP contribution in [0.5, 0.6) is 0 Å². The van der Waals surface area contributed by atoms with Crippen molar-refractivity contribution in [3.05, 3.63) is 27.7 Å². The van der Waals surface area contributed by atoms with Crippen LogP contribution in [-0.4, -0.2) is 20.9 Å². The van der Waals surface area contributed by atoms with Crippen LogP contribution in [0.4, 0.5) is 0 Å². The Kier molecular flexibility index (Phi) is 3.63. The average Bonchev–Trinajstić information content (AvgIpc) is 2.81. The van der Waals surface area contributed by atoms with Crippen molar-refractivity contribution >= 4 is 33.2 Å². The van der Waals surface area contributed by atoms with E-state index in [1.54, 1.807) is 16.0 Å². The number of hydrogen-bond donors (Lipinski definition) is 1. The minimum absolute atomic E-state index is 0.130. The normalized spacial score (nSPS) is 10.7. The molecule has 0 aliphatic carbocycles. The van der Waals surface area contributed by atoms with Gasteiger partial charge < -0.3 is 5.11 Å². The molecule has 2 aromatic rings. The van der Waals surface area contributed by atoms with Gasteiger partial charge in [-0.2, -0.15) is 5.10 Å². The van der Waals surface area contributed by atoms with Gasteiger partial charge >= 0.3 is 5.97 Å². The van der Waals surface area contributed by atoms with Crippen molar-refractivity contribution in [2.24, 2.45) is 7.05 Å². The highest BCUT2D eigenvalue weighted by Gasteiger charge is 2.13. The molecular formula is C11H11BrN2O2S. The van der Waals surface area contributed by atoms with Gasteiger partial charge in [0.15, 0.2) is 0 Å². The summed E-state index contributed by atoms with van der Waals surface area (Å²) in [6.07, 6.45) is 2.52. The molecule has 0 saturated carbocycles. The highest BCUT2D eigenvalue weighted by molar-refractivity contribution is 9.11. The number of carbonyl (C=O) groups is 1. The lowest BCUT2D eigenvalue weighted by molar-refractivity contribution is -0.136. The number of nitrogens with zero attached hydrogens (tertiary/aromatic N) is 2. The van der Waals surface area contributed by atoms with Crippen LogP contribution in [0.2, 0.25) is 0 Å². The van der Waals surface area contributed by atoms with Crippen LogP contribution in [-0.2, 0) is 18.3 Å². The van der Waals surface area contributed by atoms with E-state index in [0.29, 0.717) is 6.42 Å². The highest BCUT2D eigenvalue weighted by atomic mass is 79.9. The third kappa shape index (κ3) is 2.95. The van der Waals surface area contributed by atoms with Crippen LogP contribution in [0.3, 0.4) is 0 Å². The number of aliphatic carboxylic acids is 1. The molecule has 17 heavy (non-hydrogen) atoms. The summed E-state index contributed by atoms with van der Waals surface area (Å²) in [5.41, 5.74) is 1.86. The lowest BCUT2D eigenvalue weighted by atomic mass is 10.1. The summed E-state index contributed by atoms with van der Waals surface area (Å²) in [5.74, 6) is -0.785. The first-order chi connectivity index (χ1) is 8.06. The molecular weight excluding hydrogens is 304 g/mol. The van der Waals surface area contributed by atoms with Gasteiger partial charge in [0.25, 0.3) is 0 Å². The highest BCUT2D eigenvalue weighted by Crippen LogP contribution is 2.32. The van der Waals surface area contributed by atoms with Gasteiger partial charge in [0.05, 0.1) is 8.66 Å². The number of thiophene rings is 1. The molecule has 0 unspecified atom stereocenters. The number of hydrogen-bond acceptors (Lipinski definition) is 3. The average molecular weight is 315 g/mol. The molecule has 0 saturated heterocycles. The number of aryl methyl sites for hydroxylation is 2. The first-order valence-electron chi connectivity index (χ1n) is 5.06. The number of aromatic nitrogens is 2. The van der Waals surface area contributed by atoms with Crippen molar-refractivity contribution in [3.63, 3.8) is 0 Å². The van der Waals surface area contributed by atoms with Crippen LogP contribution >= 0.6 is 27.3 Å². The fourth-order valence-corrected chi connectivity index (χ4v) is 3.02. The van der Waals surface area contributed by atoms with Gasteiger partial charge in [-0.15, -0.1) is 11.3 Å². The van der Waals surface area contributed by atoms with E-state index >= 15 is 0 Å². The van der Waals surface area contributed by atoms with Crippen molar-refractivity contribution in [3.8, 4) is 10.6 Å². The number of rotatable bonds is 4. The maximum Gasteiger partial charge on any atom is 0.303 e. The van der Waals surface area contributed by atoms with Crippen molar-refractivity contribution < 1.29 is 9.90 Å². The minimum Gasteiger partial charge on any atom is -0.481 e. The monoisotopic (exact) mass is 314 g/mol. The van der Waals surface area contributed by atoms with Crippen LogP contribution in [0.25, 0.3) is 10.6 Å². The zero-order chi connectivity index (χ0) is 12.4. The van der Waals surface area contributed by atoms with E-state index in [9.17, 15) is 4.79 Å². The third-order valence-electron chi connectivity index (χ3n) is 2.32. The molecule has 0 aromatic carbocycles. The molecule has 0 aliphatic heterocycles. The Bertz CT molecular complexity index is 547. The number of carboxylic acid groups (broad SMARTS) is 1. The molecule has 4 nitrogen and oxygen atoms in total. The summed E-state index contributed by atoms with van der Waals surface area (Å²) in [6, 6.07) is 3.96. The Morgan fingerprint density at radius 1 is 1.59 bits per heavy atom. The summed E-state index contributed by atoms with van der Waals surface area (Å²) in [4.78, 5) is 11.7. The Labute approximate surface area is 111 Å². The van der Waals surface area contributed by atoms with E-state index in [1.807, 2.05) is 25.4 Å². The first kappa shape index (κ1) is 12.3. The zero-order valence-corrected chi connectivity index (χ0v) is 11.6. The van der Waals surface area contributed by atoms with Gasteiger partial charge in [-0.25, -0.2) is 0 Å². The zero-order valence-electron chi connectivity index (χ0n) is 9.18. The van der Waals surface area contributed by atoms with E-state index in [2.05, 4.69) is 21.0 Å². The Morgan fingerprint density at radius 3 is 2.94 bits per heavy atom. The molecule has 6 heteroatoms. The second kappa shape index (κ2) is 5.01. The second-order valence-electron chi connectivity index (χ2n) is 3.67. The lowest BCUT2D eigenvalue weighted by Gasteiger charge is -1.97. The van der Waals surface area contributed by atoms with Crippen LogP contribution in [0.15, 0.2) is 22.1 Å². The predicted octanol–water partition coefficient (Wildman–Crippen LogP) is 2.93. The molecule has 2 aromatic heterocycles.